The topological polar surface area (TPSA) is 50.4 Å². The smallest absolute Gasteiger partial charge is 0.418 e. The van der Waals surface area contributed by atoms with Crippen LogP contribution in [0.15, 0.2) is 24.3 Å². The molecule has 0 spiro atoms. The third-order valence-electron chi connectivity index (χ3n) is 2.58. The Kier molecular flexibility index (Phi) is 6.48. The number of para-hydroxylation sites is 1. The van der Waals surface area contributed by atoms with Gasteiger partial charge in [-0.2, -0.15) is 13.2 Å². The summed E-state index contributed by atoms with van der Waals surface area (Å²) in [6, 6.07) is 5.10. The SMILES string of the molecule is CC(C)NCCCOC(=O)Nc1ccccc1C(F)(F)F. The summed E-state index contributed by atoms with van der Waals surface area (Å²) in [7, 11) is 0. The van der Waals surface area contributed by atoms with Gasteiger partial charge in [0.2, 0.25) is 0 Å². The first kappa shape index (κ1) is 17.3. The van der Waals surface area contributed by atoms with Crippen molar-refractivity contribution in [2.24, 2.45) is 0 Å². The first-order valence-electron chi connectivity index (χ1n) is 6.64. The van der Waals surface area contributed by atoms with Gasteiger partial charge in [0, 0.05) is 6.04 Å². The van der Waals surface area contributed by atoms with Crippen LogP contribution in [0.5, 0.6) is 0 Å². The summed E-state index contributed by atoms with van der Waals surface area (Å²) >= 11 is 0. The number of hydrogen-bond acceptors (Lipinski definition) is 3. The third kappa shape index (κ3) is 6.48. The van der Waals surface area contributed by atoms with E-state index < -0.39 is 17.8 Å². The van der Waals surface area contributed by atoms with Crippen molar-refractivity contribution in [2.45, 2.75) is 32.5 Å². The molecule has 0 aliphatic heterocycles. The highest BCUT2D eigenvalue weighted by Crippen LogP contribution is 2.34. The molecule has 0 aliphatic carbocycles. The van der Waals surface area contributed by atoms with Gasteiger partial charge in [-0.3, -0.25) is 5.32 Å². The Morgan fingerprint density at radius 2 is 1.95 bits per heavy atom. The van der Waals surface area contributed by atoms with E-state index in [9.17, 15) is 18.0 Å². The maximum Gasteiger partial charge on any atom is 0.418 e. The molecule has 1 rings (SSSR count). The quantitative estimate of drug-likeness (QED) is 0.789. The molecule has 2 N–H and O–H groups in total. The molecule has 0 heterocycles. The number of amides is 1. The fourth-order valence-electron chi connectivity index (χ4n) is 1.61. The molecule has 0 saturated heterocycles. The zero-order valence-electron chi connectivity index (χ0n) is 12.0. The minimum atomic E-state index is -4.52. The largest absolute Gasteiger partial charge is 0.449 e. The first-order valence-corrected chi connectivity index (χ1v) is 6.64. The van der Waals surface area contributed by atoms with Crippen molar-refractivity contribution in [2.75, 3.05) is 18.5 Å². The number of halogens is 3. The zero-order valence-corrected chi connectivity index (χ0v) is 12.0. The van der Waals surface area contributed by atoms with Crippen molar-refractivity contribution in [3.05, 3.63) is 29.8 Å². The molecular formula is C14H19F3N2O2. The highest BCUT2D eigenvalue weighted by molar-refractivity contribution is 5.85. The zero-order chi connectivity index (χ0) is 15.9. The lowest BCUT2D eigenvalue weighted by Gasteiger charge is -2.13. The number of carbonyl (C=O) groups excluding carboxylic acids is 1. The Hall–Kier alpha value is -1.76. The average Bonchev–Trinajstić information content (AvgIpc) is 2.37. The predicted molar refractivity (Wildman–Crippen MR) is 74.2 cm³/mol. The number of benzene rings is 1. The van der Waals surface area contributed by atoms with E-state index in [1.807, 2.05) is 13.8 Å². The summed E-state index contributed by atoms with van der Waals surface area (Å²) in [6.45, 7) is 4.78. The lowest BCUT2D eigenvalue weighted by Crippen LogP contribution is -2.25. The molecule has 21 heavy (non-hydrogen) atoms. The highest BCUT2D eigenvalue weighted by atomic mass is 19.4. The number of carbonyl (C=O) groups is 1. The molecule has 0 atom stereocenters. The van der Waals surface area contributed by atoms with Crippen molar-refractivity contribution in [1.82, 2.24) is 5.32 Å². The Morgan fingerprint density at radius 3 is 2.57 bits per heavy atom. The van der Waals surface area contributed by atoms with E-state index in [4.69, 9.17) is 4.74 Å². The number of anilines is 1. The van der Waals surface area contributed by atoms with Gasteiger partial charge in [0.15, 0.2) is 0 Å². The van der Waals surface area contributed by atoms with Gasteiger partial charge < -0.3 is 10.1 Å². The monoisotopic (exact) mass is 304 g/mol. The number of hydrogen-bond donors (Lipinski definition) is 2. The molecule has 0 fully saturated rings. The first-order chi connectivity index (χ1) is 9.80. The van der Waals surface area contributed by atoms with Gasteiger partial charge in [0.05, 0.1) is 17.9 Å². The van der Waals surface area contributed by atoms with Crippen LogP contribution in [0, 0.1) is 0 Å². The number of alkyl halides is 3. The second-order valence-electron chi connectivity index (χ2n) is 4.77. The van der Waals surface area contributed by atoms with Crippen LogP contribution in [0.25, 0.3) is 0 Å². The fraction of sp³-hybridized carbons (Fsp3) is 0.500. The minimum absolute atomic E-state index is 0.139. The van der Waals surface area contributed by atoms with E-state index in [0.717, 1.165) is 6.07 Å². The molecule has 7 heteroatoms. The van der Waals surface area contributed by atoms with Gasteiger partial charge in [-0.15, -0.1) is 0 Å². The van der Waals surface area contributed by atoms with Crippen LogP contribution in [0.3, 0.4) is 0 Å². The van der Waals surface area contributed by atoms with E-state index in [1.54, 1.807) is 0 Å². The van der Waals surface area contributed by atoms with Gasteiger partial charge in [-0.1, -0.05) is 26.0 Å². The van der Waals surface area contributed by atoms with Crippen LogP contribution in [0.1, 0.15) is 25.8 Å². The summed E-state index contributed by atoms with van der Waals surface area (Å²) in [6.07, 6.45) is -4.83. The molecule has 0 unspecified atom stereocenters. The Morgan fingerprint density at radius 1 is 1.29 bits per heavy atom. The van der Waals surface area contributed by atoms with Gasteiger partial charge in [-0.25, -0.2) is 4.79 Å². The summed E-state index contributed by atoms with van der Waals surface area (Å²) in [4.78, 5) is 11.5. The van der Waals surface area contributed by atoms with Crippen molar-refractivity contribution < 1.29 is 22.7 Å². The standard InChI is InChI=1S/C14H19F3N2O2/c1-10(2)18-8-5-9-21-13(20)19-12-7-4-3-6-11(12)14(15,16)17/h3-4,6-7,10,18H,5,8-9H2,1-2H3,(H,19,20). The second-order valence-corrected chi connectivity index (χ2v) is 4.77. The number of nitrogens with one attached hydrogen (secondary N) is 2. The number of rotatable bonds is 6. The molecule has 0 saturated carbocycles. The maximum absolute atomic E-state index is 12.7. The van der Waals surface area contributed by atoms with Crippen LogP contribution in [0.4, 0.5) is 23.7 Å². The molecule has 1 aromatic carbocycles. The molecule has 0 aromatic heterocycles. The fourth-order valence-corrected chi connectivity index (χ4v) is 1.61. The molecule has 1 amide bonds. The molecule has 1 aromatic rings. The highest BCUT2D eigenvalue weighted by Gasteiger charge is 2.33. The Balaban J connectivity index is 2.45. The van der Waals surface area contributed by atoms with E-state index in [-0.39, 0.29) is 12.3 Å². The molecule has 0 radical (unpaired) electrons. The van der Waals surface area contributed by atoms with Gasteiger partial charge in [0.1, 0.15) is 0 Å². The van der Waals surface area contributed by atoms with Crippen molar-refractivity contribution >= 4 is 11.8 Å². The molecule has 0 bridgehead atoms. The summed E-state index contributed by atoms with van der Waals surface area (Å²) in [5.41, 5.74) is -1.21. The van der Waals surface area contributed by atoms with Crippen LogP contribution >= 0.6 is 0 Å². The summed E-state index contributed by atoms with van der Waals surface area (Å²) < 4.78 is 43.0. The van der Waals surface area contributed by atoms with Gasteiger partial charge in [0.25, 0.3) is 0 Å². The van der Waals surface area contributed by atoms with Crippen LogP contribution in [0.2, 0.25) is 0 Å². The van der Waals surface area contributed by atoms with Gasteiger partial charge >= 0.3 is 12.3 Å². The minimum Gasteiger partial charge on any atom is -0.449 e. The second kappa shape index (κ2) is 7.87. The summed E-state index contributed by atoms with van der Waals surface area (Å²) in [5.74, 6) is 0. The lowest BCUT2D eigenvalue weighted by atomic mass is 10.2. The molecule has 4 nitrogen and oxygen atoms in total. The third-order valence-corrected chi connectivity index (χ3v) is 2.58. The van der Waals surface area contributed by atoms with E-state index in [2.05, 4.69) is 10.6 Å². The van der Waals surface area contributed by atoms with E-state index in [1.165, 1.54) is 18.2 Å². The van der Waals surface area contributed by atoms with Crippen LogP contribution < -0.4 is 10.6 Å². The average molecular weight is 304 g/mol. The maximum atomic E-state index is 12.7. The van der Waals surface area contributed by atoms with Crippen molar-refractivity contribution in [3.63, 3.8) is 0 Å². The molecular weight excluding hydrogens is 285 g/mol. The predicted octanol–water partition coefficient (Wildman–Crippen LogP) is 3.64. The van der Waals surface area contributed by atoms with Crippen LogP contribution in [-0.4, -0.2) is 25.3 Å². The molecule has 118 valence electrons. The Labute approximate surface area is 121 Å². The van der Waals surface area contributed by atoms with E-state index in [0.29, 0.717) is 19.0 Å². The van der Waals surface area contributed by atoms with Crippen LogP contribution in [-0.2, 0) is 10.9 Å². The van der Waals surface area contributed by atoms with Crippen molar-refractivity contribution in [1.29, 1.82) is 0 Å². The normalized spacial score (nSPS) is 11.5. The summed E-state index contributed by atoms with van der Waals surface area (Å²) in [5, 5.41) is 5.25. The number of ether oxygens (including phenoxy) is 1. The Bertz CT molecular complexity index is 462. The van der Waals surface area contributed by atoms with Crippen molar-refractivity contribution in [3.8, 4) is 0 Å². The molecule has 0 aliphatic rings. The van der Waals surface area contributed by atoms with E-state index >= 15 is 0 Å². The van der Waals surface area contributed by atoms with Gasteiger partial charge in [-0.05, 0) is 25.1 Å². The lowest BCUT2D eigenvalue weighted by molar-refractivity contribution is -0.136.